The summed E-state index contributed by atoms with van der Waals surface area (Å²) >= 11 is 3.22. The van der Waals surface area contributed by atoms with Crippen LogP contribution in [0, 0.1) is 12.7 Å². The molecule has 0 aliphatic carbocycles. The smallest absolute Gasteiger partial charge is 0.159 e. The lowest BCUT2D eigenvalue weighted by Gasteiger charge is -2.15. The third-order valence-electron chi connectivity index (χ3n) is 3.68. The molecule has 0 fully saturated rings. The van der Waals surface area contributed by atoms with Crippen molar-refractivity contribution in [3.05, 3.63) is 58.6 Å². The fourth-order valence-electron chi connectivity index (χ4n) is 2.36. The van der Waals surface area contributed by atoms with Gasteiger partial charge in [0.25, 0.3) is 0 Å². The second-order valence-electron chi connectivity index (χ2n) is 5.56. The first-order valence-electron chi connectivity index (χ1n) is 7.72. The summed E-state index contributed by atoms with van der Waals surface area (Å²) in [5.41, 5.74) is 8.46. The van der Waals surface area contributed by atoms with E-state index in [1.54, 1.807) is 19.2 Å². The molecular weight excluding hydrogens is 401 g/mol. The van der Waals surface area contributed by atoms with Crippen molar-refractivity contribution in [2.24, 2.45) is 0 Å². The number of nitrogens with one attached hydrogen (secondary N) is 2. The molecule has 0 amide bonds. The lowest BCUT2D eigenvalue weighted by molar-refractivity contribution is 0.416. The molecule has 2 aromatic carbocycles. The van der Waals surface area contributed by atoms with Gasteiger partial charge in [-0.3, -0.25) is 0 Å². The maximum atomic E-state index is 14.0. The van der Waals surface area contributed by atoms with Crippen LogP contribution in [0.25, 0.3) is 0 Å². The zero-order valence-corrected chi connectivity index (χ0v) is 15.8. The fourth-order valence-corrected chi connectivity index (χ4v) is 2.69. The van der Waals surface area contributed by atoms with E-state index < -0.39 is 5.82 Å². The maximum Gasteiger partial charge on any atom is 0.159 e. The van der Waals surface area contributed by atoms with Crippen LogP contribution in [-0.4, -0.2) is 17.1 Å². The van der Waals surface area contributed by atoms with Gasteiger partial charge in [-0.25, -0.2) is 14.4 Å². The summed E-state index contributed by atoms with van der Waals surface area (Å²) in [6, 6.07) is 10.4. The monoisotopic (exact) mass is 417 g/mol. The number of hydrogen-bond donors (Lipinski definition) is 3. The fraction of sp³-hybridized carbons (Fsp3) is 0.111. The van der Waals surface area contributed by atoms with Crippen molar-refractivity contribution in [3.8, 4) is 5.75 Å². The lowest BCUT2D eigenvalue weighted by atomic mass is 10.2. The van der Waals surface area contributed by atoms with Crippen molar-refractivity contribution < 1.29 is 9.13 Å². The number of aryl methyl sites for hydroxylation is 1. The van der Waals surface area contributed by atoms with Gasteiger partial charge in [-0.15, -0.1) is 0 Å². The van der Waals surface area contributed by atoms with Gasteiger partial charge >= 0.3 is 0 Å². The average Bonchev–Trinajstić information content (AvgIpc) is 2.61. The van der Waals surface area contributed by atoms with Crippen LogP contribution in [0.15, 0.2) is 47.2 Å². The van der Waals surface area contributed by atoms with E-state index in [-0.39, 0.29) is 11.4 Å². The Morgan fingerprint density at radius 3 is 2.38 bits per heavy atom. The lowest BCUT2D eigenvalue weighted by Crippen LogP contribution is -2.06. The summed E-state index contributed by atoms with van der Waals surface area (Å²) < 4.78 is 20.0. The summed E-state index contributed by atoms with van der Waals surface area (Å²) in [6.07, 6.45) is 1.35. The molecule has 3 aromatic rings. The Labute approximate surface area is 158 Å². The van der Waals surface area contributed by atoms with Gasteiger partial charge in [-0.1, -0.05) is 22.0 Å². The van der Waals surface area contributed by atoms with E-state index in [4.69, 9.17) is 10.5 Å². The number of benzene rings is 2. The minimum Gasteiger partial charge on any atom is -0.495 e. The minimum atomic E-state index is -0.424. The van der Waals surface area contributed by atoms with Crippen molar-refractivity contribution in [2.75, 3.05) is 23.5 Å². The van der Waals surface area contributed by atoms with E-state index in [1.807, 2.05) is 25.1 Å². The van der Waals surface area contributed by atoms with Crippen LogP contribution in [0.3, 0.4) is 0 Å². The van der Waals surface area contributed by atoms with Crippen LogP contribution in [0.1, 0.15) is 5.56 Å². The van der Waals surface area contributed by atoms with Crippen LogP contribution in [0.5, 0.6) is 5.75 Å². The number of rotatable bonds is 5. The first-order valence-corrected chi connectivity index (χ1v) is 8.51. The molecular formula is C18H17BrFN5O. The summed E-state index contributed by atoms with van der Waals surface area (Å²) in [6.45, 7) is 1.97. The Kier molecular flexibility index (Phi) is 5.22. The largest absolute Gasteiger partial charge is 0.495 e. The zero-order valence-electron chi connectivity index (χ0n) is 14.2. The van der Waals surface area contributed by atoms with Gasteiger partial charge < -0.3 is 21.1 Å². The maximum absolute atomic E-state index is 14.0. The van der Waals surface area contributed by atoms with Gasteiger partial charge in [0, 0.05) is 4.47 Å². The molecule has 26 heavy (non-hydrogen) atoms. The molecule has 0 bridgehead atoms. The van der Waals surface area contributed by atoms with E-state index in [2.05, 4.69) is 36.5 Å². The average molecular weight is 418 g/mol. The number of ether oxygens (including phenoxy) is 1. The van der Waals surface area contributed by atoms with E-state index in [9.17, 15) is 4.39 Å². The number of hydrogen-bond acceptors (Lipinski definition) is 6. The van der Waals surface area contributed by atoms with E-state index >= 15 is 0 Å². The van der Waals surface area contributed by atoms with Crippen molar-refractivity contribution >= 4 is 44.6 Å². The van der Waals surface area contributed by atoms with Crippen LogP contribution >= 0.6 is 15.9 Å². The van der Waals surface area contributed by atoms with Crippen molar-refractivity contribution in [1.29, 1.82) is 0 Å². The first kappa shape index (κ1) is 17.9. The zero-order chi connectivity index (χ0) is 18.7. The molecule has 4 N–H and O–H groups in total. The molecule has 1 aromatic heterocycles. The molecule has 134 valence electrons. The van der Waals surface area contributed by atoms with E-state index in [0.29, 0.717) is 21.9 Å². The summed E-state index contributed by atoms with van der Waals surface area (Å²) in [5, 5.41) is 6.03. The topological polar surface area (TPSA) is 85.1 Å². The molecule has 1 heterocycles. The number of nitrogens with two attached hydrogens (primary N) is 1. The number of methoxy groups -OCH3 is 1. The predicted molar refractivity (Wildman–Crippen MR) is 105 cm³/mol. The van der Waals surface area contributed by atoms with Crippen LogP contribution in [-0.2, 0) is 0 Å². The number of aromatic nitrogens is 2. The van der Waals surface area contributed by atoms with Gasteiger partial charge in [0.2, 0.25) is 0 Å². The highest BCUT2D eigenvalue weighted by atomic mass is 79.9. The summed E-state index contributed by atoms with van der Waals surface area (Å²) in [7, 11) is 1.59. The van der Waals surface area contributed by atoms with Gasteiger partial charge in [0.05, 0.1) is 18.5 Å². The second-order valence-corrected chi connectivity index (χ2v) is 6.48. The summed E-state index contributed by atoms with van der Waals surface area (Å²) in [4.78, 5) is 8.28. The van der Waals surface area contributed by atoms with Gasteiger partial charge in [0.1, 0.15) is 23.6 Å². The molecule has 0 unspecified atom stereocenters. The SMILES string of the molecule is COc1ccc(C)cc1Nc1ncnc(Nc2ccc(Br)cc2F)c1N. The number of nitrogens with zero attached hydrogens (tertiary/aromatic N) is 2. The molecule has 0 radical (unpaired) electrons. The Bertz CT molecular complexity index is 951. The number of nitrogen functional groups attached to an aromatic ring is 1. The van der Waals surface area contributed by atoms with Crippen LogP contribution in [0.4, 0.5) is 33.1 Å². The Hall–Kier alpha value is -2.87. The molecule has 6 nitrogen and oxygen atoms in total. The number of anilines is 5. The highest BCUT2D eigenvalue weighted by molar-refractivity contribution is 9.10. The third-order valence-corrected chi connectivity index (χ3v) is 4.17. The van der Waals surface area contributed by atoms with E-state index in [0.717, 1.165) is 11.3 Å². The molecule has 0 atom stereocenters. The molecule has 0 saturated heterocycles. The standard InChI is InChI=1S/C18H17BrFN5O/c1-10-3-6-15(26-2)14(7-10)25-18-16(21)17(22-9-23-18)24-13-5-4-11(19)8-12(13)20/h3-9H,21H2,1-2H3,(H2,22,23,24,25). The van der Waals surface area contributed by atoms with E-state index in [1.165, 1.54) is 12.4 Å². The van der Waals surface area contributed by atoms with Gasteiger partial charge in [0.15, 0.2) is 11.6 Å². The number of halogens is 2. The molecule has 8 heteroatoms. The molecule has 3 rings (SSSR count). The molecule has 0 aliphatic heterocycles. The minimum absolute atomic E-state index is 0.262. The molecule has 0 aliphatic rings. The Morgan fingerprint density at radius 2 is 1.73 bits per heavy atom. The molecule has 0 saturated carbocycles. The quantitative estimate of drug-likeness (QED) is 0.554. The third kappa shape index (κ3) is 3.85. The predicted octanol–water partition coefficient (Wildman–Crippen LogP) is 4.76. The van der Waals surface area contributed by atoms with Crippen molar-refractivity contribution in [1.82, 2.24) is 9.97 Å². The van der Waals surface area contributed by atoms with Gasteiger partial charge in [-0.2, -0.15) is 0 Å². The van der Waals surface area contributed by atoms with Crippen LogP contribution in [0.2, 0.25) is 0 Å². The Balaban J connectivity index is 1.91. The van der Waals surface area contributed by atoms with Crippen molar-refractivity contribution in [2.45, 2.75) is 6.92 Å². The highest BCUT2D eigenvalue weighted by Gasteiger charge is 2.13. The first-order chi connectivity index (χ1) is 12.5. The Morgan fingerprint density at radius 1 is 1.04 bits per heavy atom. The second kappa shape index (κ2) is 7.57. The highest BCUT2D eigenvalue weighted by Crippen LogP contribution is 2.33. The normalized spacial score (nSPS) is 10.5. The van der Waals surface area contributed by atoms with Crippen molar-refractivity contribution in [3.63, 3.8) is 0 Å². The van der Waals surface area contributed by atoms with Gasteiger partial charge in [-0.05, 0) is 42.8 Å². The summed E-state index contributed by atoms with van der Waals surface area (Å²) in [5.74, 6) is 0.925. The van der Waals surface area contributed by atoms with Crippen LogP contribution < -0.4 is 21.1 Å². The molecule has 0 spiro atoms.